The number of hydrogen-bond acceptors (Lipinski definition) is 4. The molecule has 3 aliphatic rings. The third-order valence-electron chi connectivity index (χ3n) is 8.07. The molecule has 1 aromatic carbocycles. The van der Waals surface area contributed by atoms with Crippen molar-refractivity contribution in [1.29, 1.82) is 5.41 Å². The highest BCUT2D eigenvalue weighted by Crippen LogP contribution is 2.47. The molecule has 3 fully saturated rings. The van der Waals surface area contributed by atoms with E-state index in [9.17, 15) is 9.70 Å². The number of carbonyl (C=O) groups excluding carboxylic acids is 1. The Balaban J connectivity index is 1.50. The second kappa shape index (κ2) is 10.1. The monoisotopic (exact) mass is 423 g/mol. The van der Waals surface area contributed by atoms with Gasteiger partial charge in [0.2, 0.25) is 5.91 Å². The second-order valence-corrected chi connectivity index (χ2v) is 10.3. The normalized spacial score (nSPS) is 25.9. The summed E-state index contributed by atoms with van der Waals surface area (Å²) in [6, 6.07) is 7.07. The van der Waals surface area contributed by atoms with E-state index in [-0.39, 0.29) is 11.3 Å². The third kappa shape index (κ3) is 5.24. The average molecular weight is 424 g/mol. The van der Waals surface area contributed by atoms with Crippen molar-refractivity contribution in [2.75, 3.05) is 0 Å². The van der Waals surface area contributed by atoms with Gasteiger partial charge in [0.1, 0.15) is 11.5 Å². The van der Waals surface area contributed by atoms with E-state index < -0.39 is 0 Å². The minimum Gasteiger partial charge on any atom is -0.296 e. The Morgan fingerprint density at radius 2 is 1.55 bits per heavy atom. The zero-order valence-electron chi connectivity index (χ0n) is 18.8. The molecule has 1 aromatic rings. The van der Waals surface area contributed by atoms with Crippen LogP contribution in [0.3, 0.4) is 0 Å². The van der Waals surface area contributed by atoms with Crippen molar-refractivity contribution in [3.05, 3.63) is 34.7 Å². The number of carbonyl (C=O) groups is 1. The molecule has 0 unspecified atom stereocenters. The molecule has 2 aliphatic carbocycles. The Labute approximate surface area is 186 Å². The van der Waals surface area contributed by atoms with E-state index in [1.165, 1.54) is 64.2 Å². The molecular weight excluding hydrogens is 386 g/mol. The van der Waals surface area contributed by atoms with Gasteiger partial charge in [0, 0.05) is 6.42 Å². The minimum atomic E-state index is -0.374. The lowest BCUT2D eigenvalue weighted by molar-refractivity contribution is -0.137. The topological polar surface area (TPSA) is 73.6 Å². The highest BCUT2D eigenvalue weighted by Gasteiger charge is 2.50. The van der Waals surface area contributed by atoms with E-state index in [1.807, 2.05) is 12.1 Å². The summed E-state index contributed by atoms with van der Waals surface area (Å²) in [5.41, 5.74) is 0.970. The maximum atomic E-state index is 13.8. The summed E-state index contributed by atoms with van der Waals surface area (Å²) in [5.74, 6) is 2.05. The van der Waals surface area contributed by atoms with E-state index in [4.69, 9.17) is 5.41 Å². The molecule has 2 saturated carbocycles. The van der Waals surface area contributed by atoms with Gasteiger partial charge in [0.25, 0.3) is 0 Å². The lowest BCUT2D eigenvalue weighted by atomic mass is 9.69. The Hall–Kier alpha value is -2.04. The Morgan fingerprint density at radius 1 is 0.935 bits per heavy atom. The smallest absolute Gasteiger partial charge is 0.234 e. The number of nitroso groups, excluding NO2 is 1. The molecular formula is C26H37N3O2. The zero-order valence-corrected chi connectivity index (χ0v) is 18.8. The first-order valence-electron chi connectivity index (χ1n) is 12.4. The van der Waals surface area contributed by atoms with Crippen molar-refractivity contribution in [2.45, 2.75) is 96.4 Å². The zero-order chi connectivity index (χ0) is 21.7. The van der Waals surface area contributed by atoms with Crippen LogP contribution in [0, 0.1) is 27.6 Å². The second-order valence-electron chi connectivity index (χ2n) is 10.3. The fourth-order valence-corrected chi connectivity index (χ4v) is 6.27. The molecule has 31 heavy (non-hydrogen) atoms. The number of benzene rings is 1. The lowest BCUT2D eigenvalue weighted by Crippen LogP contribution is -2.37. The number of nitrogens with zero attached hydrogens (tertiary/aromatic N) is 2. The van der Waals surface area contributed by atoms with Gasteiger partial charge in [-0.05, 0) is 54.0 Å². The van der Waals surface area contributed by atoms with E-state index in [2.05, 4.69) is 5.18 Å². The molecule has 5 heteroatoms. The van der Waals surface area contributed by atoms with Gasteiger partial charge in [-0.15, -0.1) is 4.91 Å². The Kier molecular flexibility index (Phi) is 7.19. The molecule has 0 aromatic heterocycles. The van der Waals surface area contributed by atoms with E-state index in [1.54, 1.807) is 17.0 Å². The van der Waals surface area contributed by atoms with Gasteiger partial charge in [0.05, 0.1) is 12.0 Å². The van der Waals surface area contributed by atoms with E-state index in [0.29, 0.717) is 30.4 Å². The van der Waals surface area contributed by atoms with Crippen LogP contribution in [0.15, 0.2) is 29.4 Å². The molecule has 0 bridgehead atoms. The highest BCUT2D eigenvalue weighted by atomic mass is 16.3. The van der Waals surface area contributed by atoms with Crippen LogP contribution in [0.4, 0.5) is 5.69 Å². The Morgan fingerprint density at radius 3 is 2.16 bits per heavy atom. The fraction of sp³-hybridized carbons (Fsp3) is 0.692. The predicted molar refractivity (Wildman–Crippen MR) is 124 cm³/mol. The van der Waals surface area contributed by atoms with Crippen LogP contribution in [0.5, 0.6) is 0 Å². The summed E-state index contributed by atoms with van der Waals surface area (Å²) in [6.07, 6.45) is 16.7. The van der Waals surface area contributed by atoms with Crippen molar-refractivity contribution in [2.24, 2.45) is 22.4 Å². The van der Waals surface area contributed by atoms with Crippen LogP contribution in [-0.2, 0) is 11.3 Å². The van der Waals surface area contributed by atoms with Crippen LogP contribution in [0.1, 0.15) is 95.5 Å². The summed E-state index contributed by atoms with van der Waals surface area (Å²) in [6.45, 7) is 0.423. The summed E-state index contributed by atoms with van der Waals surface area (Å²) in [5, 5.41) is 11.7. The van der Waals surface area contributed by atoms with Crippen LogP contribution in [0.2, 0.25) is 0 Å². The summed E-state index contributed by atoms with van der Waals surface area (Å²) in [7, 11) is 0. The van der Waals surface area contributed by atoms with Gasteiger partial charge < -0.3 is 0 Å². The molecule has 1 heterocycles. The van der Waals surface area contributed by atoms with Crippen LogP contribution >= 0.6 is 0 Å². The maximum absolute atomic E-state index is 13.8. The van der Waals surface area contributed by atoms with Crippen molar-refractivity contribution < 1.29 is 4.79 Å². The first-order chi connectivity index (χ1) is 15.1. The molecule has 1 amide bonds. The average Bonchev–Trinajstić information content (AvgIpc) is 3.04. The quantitative estimate of drug-likeness (QED) is 0.452. The van der Waals surface area contributed by atoms with Crippen molar-refractivity contribution in [3.63, 3.8) is 0 Å². The summed E-state index contributed by atoms with van der Waals surface area (Å²) in [4.78, 5) is 26.2. The van der Waals surface area contributed by atoms with Gasteiger partial charge in [-0.1, -0.05) is 76.3 Å². The molecule has 1 saturated heterocycles. The largest absolute Gasteiger partial charge is 0.296 e. The van der Waals surface area contributed by atoms with Crippen LogP contribution < -0.4 is 0 Å². The van der Waals surface area contributed by atoms with Crippen molar-refractivity contribution >= 4 is 17.4 Å². The third-order valence-corrected chi connectivity index (χ3v) is 8.07. The van der Waals surface area contributed by atoms with Crippen molar-refractivity contribution in [3.8, 4) is 0 Å². The van der Waals surface area contributed by atoms with Gasteiger partial charge in [0.15, 0.2) is 0 Å². The van der Waals surface area contributed by atoms with Gasteiger partial charge in [-0.3, -0.25) is 15.1 Å². The van der Waals surface area contributed by atoms with Gasteiger partial charge in [-0.2, -0.15) is 0 Å². The number of amides is 1. The first kappa shape index (κ1) is 22.2. The van der Waals surface area contributed by atoms with Gasteiger partial charge in [-0.25, -0.2) is 0 Å². The Bertz CT molecular complexity index is 778. The molecule has 1 aliphatic heterocycles. The molecule has 0 radical (unpaired) electrons. The number of amidine groups is 1. The number of rotatable bonds is 8. The number of hydrogen-bond donors (Lipinski definition) is 1. The van der Waals surface area contributed by atoms with Crippen molar-refractivity contribution in [1.82, 2.24) is 4.90 Å². The predicted octanol–water partition coefficient (Wildman–Crippen LogP) is 7.11. The molecule has 4 rings (SSSR count). The molecule has 5 nitrogen and oxygen atoms in total. The molecule has 1 N–H and O–H groups in total. The number of likely N-dealkylation sites (tertiary alicyclic amines) is 1. The molecule has 168 valence electrons. The van der Waals surface area contributed by atoms with Crippen LogP contribution in [-0.4, -0.2) is 16.6 Å². The lowest BCUT2D eigenvalue weighted by Gasteiger charge is -2.34. The van der Waals surface area contributed by atoms with E-state index >= 15 is 0 Å². The summed E-state index contributed by atoms with van der Waals surface area (Å²) < 4.78 is 0. The SMILES string of the molecule is N=C1C[C@](CCC2CCCCC2)(CC2CCCCC2)C(=O)N1Cc1ccc(N=O)cc1. The number of nitrogens with one attached hydrogen (secondary N) is 1. The summed E-state index contributed by atoms with van der Waals surface area (Å²) >= 11 is 0. The van der Waals surface area contributed by atoms with Crippen LogP contribution in [0.25, 0.3) is 0 Å². The molecule has 1 atom stereocenters. The maximum Gasteiger partial charge on any atom is 0.234 e. The van der Waals surface area contributed by atoms with Gasteiger partial charge >= 0.3 is 0 Å². The standard InChI is InChI=1S/C26H37N3O2/c27-24-18-26(17-21-9-5-2-6-10-21,16-15-20-7-3-1-4-8-20)25(30)29(24)19-22-11-13-23(28-31)14-12-22/h11-14,20-21,27H,1-10,15-19H2/t26-/m0/s1. The van der Waals surface area contributed by atoms with E-state index in [0.717, 1.165) is 30.7 Å². The molecule has 0 spiro atoms. The fourth-order valence-electron chi connectivity index (χ4n) is 6.27. The first-order valence-corrected chi connectivity index (χ1v) is 12.4. The minimum absolute atomic E-state index is 0.177. The highest BCUT2D eigenvalue weighted by molar-refractivity contribution is 6.07.